The van der Waals surface area contributed by atoms with Gasteiger partial charge in [-0.25, -0.2) is 17.4 Å². The third-order valence-corrected chi connectivity index (χ3v) is 6.56. The van der Waals surface area contributed by atoms with E-state index in [9.17, 15) is 8.42 Å². The number of aromatic nitrogens is 2. The Kier molecular flexibility index (Phi) is 4.61. The van der Waals surface area contributed by atoms with Gasteiger partial charge < -0.3 is 4.74 Å². The van der Waals surface area contributed by atoms with Crippen molar-refractivity contribution in [3.8, 4) is 16.9 Å². The predicted molar refractivity (Wildman–Crippen MR) is 110 cm³/mol. The van der Waals surface area contributed by atoms with E-state index in [0.29, 0.717) is 21.7 Å². The minimum atomic E-state index is -3.85. The summed E-state index contributed by atoms with van der Waals surface area (Å²) >= 11 is 6.45. The van der Waals surface area contributed by atoms with E-state index >= 15 is 0 Å². The molecule has 5 nitrogen and oxygen atoms in total. The maximum Gasteiger partial charge on any atom is 0.269 e. The van der Waals surface area contributed by atoms with Gasteiger partial charge in [-0.2, -0.15) is 0 Å². The first-order valence-corrected chi connectivity index (χ1v) is 10.4. The van der Waals surface area contributed by atoms with Crippen LogP contribution in [0.1, 0.15) is 5.56 Å². The lowest BCUT2D eigenvalue weighted by molar-refractivity contribution is 0.416. The normalized spacial score (nSPS) is 11.7. The zero-order valence-electron chi connectivity index (χ0n) is 15.3. The van der Waals surface area contributed by atoms with E-state index < -0.39 is 10.0 Å². The van der Waals surface area contributed by atoms with Gasteiger partial charge in [-0.1, -0.05) is 47.5 Å². The lowest BCUT2D eigenvalue weighted by Crippen LogP contribution is -2.12. The molecule has 0 aliphatic rings. The molecule has 2 aromatic heterocycles. The fourth-order valence-corrected chi connectivity index (χ4v) is 4.73. The molecule has 0 amide bonds. The van der Waals surface area contributed by atoms with Crippen LogP contribution in [0.2, 0.25) is 5.02 Å². The number of halogens is 1. The summed E-state index contributed by atoms with van der Waals surface area (Å²) in [5, 5.41) is 0.980. The van der Waals surface area contributed by atoms with E-state index in [1.54, 1.807) is 43.6 Å². The lowest BCUT2D eigenvalue weighted by Gasteiger charge is -2.07. The van der Waals surface area contributed by atoms with Crippen LogP contribution in [-0.4, -0.2) is 24.5 Å². The second-order valence-electron chi connectivity index (χ2n) is 6.35. The number of pyridine rings is 1. The standard InChI is InChI=1S/C21H17ClN2O3S/c1-14-7-9-15(10-8-14)28(25,26)24-13-17(16-5-3-4-6-19(16)27-2)20-18(22)11-12-23-21(20)24/h3-13H,1-2H3. The van der Waals surface area contributed by atoms with Crippen LogP contribution in [-0.2, 0) is 10.0 Å². The molecule has 2 aromatic carbocycles. The second-order valence-corrected chi connectivity index (χ2v) is 8.57. The number of aryl methyl sites for hydroxylation is 1. The highest BCUT2D eigenvalue weighted by atomic mass is 35.5. The summed E-state index contributed by atoms with van der Waals surface area (Å²) in [6.45, 7) is 1.91. The van der Waals surface area contributed by atoms with Gasteiger partial charge in [0.15, 0.2) is 5.65 Å². The fourth-order valence-electron chi connectivity index (χ4n) is 3.17. The van der Waals surface area contributed by atoms with E-state index in [0.717, 1.165) is 11.1 Å². The predicted octanol–water partition coefficient (Wildman–Crippen LogP) is 4.91. The number of fused-ring (bicyclic) bond motifs is 1. The smallest absolute Gasteiger partial charge is 0.269 e. The zero-order valence-corrected chi connectivity index (χ0v) is 16.8. The lowest BCUT2D eigenvalue weighted by atomic mass is 10.0. The highest BCUT2D eigenvalue weighted by Gasteiger charge is 2.25. The number of para-hydroxylation sites is 1. The van der Waals surface area contributed by atoms with Crippen molar-refractivity contribution in [2.24, 2.45) is 0 Å². The topological polar surface area (TPSA) is 61.2 Å². The van der Waals surface area contributed by atoms with Gasteiger partial charge in [-0.05, 0) is 31.2 Å². The Morgan fingerprint density at radius 1 is 1.00 bits per heavy atom. The van der Waals surface area contributed by atoms with Crippen LogP contribution in [0, 0.1) is 6.92 Å². The molecule has 0 aliphatic heterocycles. The van der Waals surface area contributed by atoms with Crippen molar-refractivity contribution < 1.29 is 13.2 Å². The average Bonchev–Trinajstić information content (AvgIpc) is 3.10. The van der Waals surface area contributed by atoms with Crippen LogP contribution >= 0.6 is 11.6 Å². The molecule has 0 bridgehead atoms. The summed E-state index contributed by atoms with van der Waals surface area (Å²) in [5.41, 5.74) is 2.63. The number of nitrogens with zero attached hydrogens (tertiary/aromatic N) is 2. The molecule has 4 aromatic rings. The van der Waals surface area contributed by atoms with Gasteiger partial charge in [-0.3, -0.25) is 0 Å². The van der Waals surface area contributed by atoms with Crippen LogP contribution in [0.4, 0.5) is 0 Å². The zero-order chi connectivity index (χ0) is 19.9. The molecule has 0 saturated heterocycles. The first kappa shape index (κ1) is 18.5. The molecule has 0 N–H and O–H groups in total. The Labute approximate surface area is 168 Å². The Morgan fingerprint density at radius 2 is 1.71 bits per heavy atom. The minimum absolute atomic E-state index is 0.184. The van der Waals surface area contributed by atoms with Gasteiger partial charge in [0.25, 0.3) is 10.0 Å². The van der Waals surface area contributed by atoms with Crippen LogP contribution in [0.15, 0.2) is 71.9 Å². The fraction of sp³-hybridized carbons (Fsp3) is 0.0952. The molecule has 4 rings (SSSR count). The average molecular weight is 413 g/mol. The Balaban J connectivity index is 2.04. The maximum absolute atomic E-state index is 13.3. The van der Waals surface area contributed by atoms with Gasteiger partial charge in [0, 0.05) is 28.9 Å². The van der Waals surface area contributed by atoms with Crippen molar-refractivity contribution >= 4 is 32.7 Å². The molecule has 2 heterocycles. The molecule has 0 atom stereocenters. The first-order chi connectivity index (χ1) is 13.4. The van der Waals surface area contributed by atoms with Crippen molar-refractivity contribution in [1.29, 1.82) is 0 Å². The quantitative estimate of drug-likeness (QED) is 0.477. The van der Waals surface area contributed by atoms with Gasteiger partial charge in [-0.15, -0.1) is 0 Å². The maximum atomic E-state index is 13.3. The molecule has 0 aliphatic carbocycles. The Hall–Kier alpha value is -2.83. The highest BCUT2D eigenvalue weighted by Crippen LogP contribution is 2.39. The Bertz CT molecular complexity index is 1280. The summed E-state index contributed by atoms with van der Waals surface area (Å²) in [7, 11) is -2.28. The van der Waals surface area contributed by atoms with Crippen molar-refractivity contribution in [3.63, 3.8) is 0 Å². The van der Waals surface area contributed by atoms with Crippen LogP contribution in [0.3, 0.4) is 0 Å². The first-order valence-electron chi connectivity index (χ1n) is 8.54. The van der Waals surface area contributed by atoms with Crippen molar-refractivity contribution in [3.05, 3.63) is 77.6 Å². The molecule has 7 heteroatoms. The van der Waals surface area contributed by atoms with Gasteiger partial charge >= 0.3 is 0 Å². The molecule has 0 saturated carbocycles. The van der Waals surface area contributed by atoms with E-state index in [4.69, 9.17) is 16.3 Å². The summed E-state index contributed by atoms with van der Waals surface area (Å²) in [5.74, 6) is 0.620. The number of hydrogen-bond donors (Lipinski definition) is 0. The molecule has 0 unspecified atom stereocenters. The SMILES string of the molecule is COc1ccccc1-c1cn(S(=O)(=O)c2ccc(C)cc2)c2nccc(Cl)c12. The van der Waals surface area contributed by atoms with Gasteiger partial charge in [0.05, 0.1) is 17.0 Å². The summed E-state index contributed by atoms with van der Waals surface area (Å²) in [4.78, 5) is 4.50. The second kappa shape index (κ2) is 6.96. The van der Waals surface area contributed by atoms with E-state index in [-0.39, 0.29) is 10.5 Å². The molecule has 28 heavy (non-hydrogen) atoms. The summed E-state index contributed by atoms with van der Waals surface area (Å²) in [6, 6.07) is 15.7. The third-order valence-electron chi connectivity index (χ3n) is 4.58. The summed E-state index contributed by atoms with van der Waals surface area (Å²) in [6.07, 6.45) is 3.05. The summed E-state index contributed by atoms with van der Waals surface area (Å²) < 4.78 is 33.3. The van der Waals surface area contributed by atoms with E-state index in [2.05, 4.69) is 4.98 Å². The third kappa shape index (κ3) is 2.95. The highest BCUT2D eigenvalue weighted by molar-refractivity contribution is 7.90. The van der Waals surface area contributed by atoms with E-state index in [1.807, 2.05) is 31.2 Å². The largest absolute Gasteiger partial charge is 0.496 e. The van der Waals surface area contributed by atoms with E-state index in [1.165, 1.54) is 10.2 Å². The van der Waals surface area contributed by atoms with Crippen molar-refractivity contribution in [2.75, 3.05) is 7.11 Å². The van der Waals surface area contributed by atoms with Crippen molar-refractivity contribution in [1.82, 2.24) is 8.96 Å². The molecule has 142 valence electrons. The minimum Gasteiger partial charge on any atom is -0.496 e. The number of hydrogen-bond acceptors (Lipinski definition) is 4. The number of ether oxygens (including phenoxy) is 1. The van der Waals surface area contributed by atoms with Gasteiger partial charge in [0.1, 0.15) is 5.75 Å². The Morgan fingerprint density at radius 3 is 2.43 bits per heavy atom. The molecular formula is C21H17ClN2O3S. The number of benzene rings is 2. The molecule has 0 fully saturated rings. The molecule has 0 radical (unpaired) electrons. The number of rotatable bonds is 4. The van der Waals surface area contributed by atoms with Crippen LogP contribution in [0.5, 0.6) is 5.75 Å². The van der Waals surface area contributed by atoms with Crippen LogP contribution < -0.4 is 4.74 Å². The van der Waals surface area contributed by atoms with Gasteiger partial charge in [0.2, 0.25) is 0 Å². The number of methoxy groups -OCH3 is 1. The van der Waals surface area contributed by atoms with Crippen molar-refractivity contribution in [2.45, 2.75) is 11.8 Å². The molecular weight excluding hydrogens is 396 g/mol. The monoisotopic (exact) mass is 412 g/mol. The van der Waals surface area contributed by atoms with Crippen LogP contribution in [0.25, 0.3) is 22.2 Å². The molecule has 0 spiro atoms.